The number of hydrogen-bond acceptors (Lipinski definition) is 2. The second-order valence-electron chi connectivity index (χ2n) is 6.32. The summed E-state index contributed by atoms with van der Waals surface area (Å²) in [4.78, 5) is 11.8. The van der Waals surface area contributed by atoms with Gasteiger partial charge in [0.2, 0.25) is 0 Å². The predicted octanol–water partition coefficient (Wildman–Crippen LogP) is 4.65. The van der Waals surface area contributed by atoms with E-state index in [1.165, 1.54) is 5.56 Å². The van der Waals surface area contributed by atoms with Gasteiger partial charge in [0.15, 0.2) is 0 Å². The molecule has 0 atom stereocenters. The fourth-order valence-corrected chi connectivity index (χ4v) is 2.44. The van der Waals surface area contributed by atoms with Crippen molar-refractivity contribution in [3.63, 3.8) is 0 Å². The van der Waals surface area contributed by atoms with E-state index < -0.39 is 0 Å². The van der Waals surface area contributed by atoms with Crippen LogP contribution in [0.2, 0.25) is 0 Å². The van der Waals surface area contributed by atoms with E-state index in [-0.39, 0.29) is 11.4 Å². The molecule has 2 aromatic rings. The van der Waals surface area contributed by atoms with Crippen molar-refractivity contribution < 1.29 is 9.53 Å². The van der Waals surface area contributed by atoms with E-state index in [1.54, 1.807) is 6.07 Å². The van der Waals surface area contributed by atoms with Crippen LogP contribution in [-0.2, 0) is 10.2 Å². The van der Waals surface area contributed by atoms with Gasteiger partial charge in [0.05, 0.1) is 5.56 Å². The molecule has 106 valence electrons. The van der Waals surface area contributed by atoms with E-state index in [1.807, 2.05) is 36.4 Å². The van der Waals surface area contributed by atoms with Crippen molar-refractivity contribution in [2.45, 2.75) is 26.2 Å². The van der Waals surface area contributed by atoms with Gasteiger partial charge in [-0.3, -0.25) is 0 Å². The van der Waals surface area contributed by atoms with E-state index in [9.17, 15) is 4.79 Å². The molecule has 0 radical (unpaired) electrons. The van der Waals surface area contributed by atoms with Crippen molar-refractivity contribution in [3.8, 4) is 0 Å². The molecule has 21 heavy (non-hydrogen) atoms. The molecule has 1 heterocycles. The van der Waals surface area contributed by atoms with Crippen molar-refractivity contribution in [2.24, 2.45) is 0 Å². The Labute approximate surface area is 125 Å². The highest BCUT2D eigenvalue weighted by atomic mass is 16.5. The predicted molar refractivity (Wildman–Crippen MR) is 84.9 cm³/mol. The van der Waals surface area contributed by atoms with E-state index in [0.29, 0.717) is 11.3 Å². The fraction of sp³-hybridized carbons (Fsp3) is 0.211. The lowest BCUT2D eigenvalue weighted by Gasteiger charge is -2.19. The average molecular weight is 278 g/mol. The first-order valence-corrected chi connectivity index (χ1v) is 7.09. The van der Waals surface area contributed by atoms with Crippen LogP contribution in [0.25, 0.3) is 11.8 Å². The lowest BCUT2D eigenvalue weighted by Crippen LogP contribution is -2.10. The molecule has 0 amide bonds. The van der Waals surface area contributed by atoms with Gasteiger partial charge in [-0.1, -0.05) is 63.2 Å². The summed E-state index contributed by atoms with van der Waals surface area (Å²) >= 11 is 0. The lowest BCUT2D eigenvalue weighted by molar-refractivity contribution is 0.0717. The number of esters is 1. The SMILES string of the molecule is CC(C)(C)c1cccc(/C=C2\OC(=O)c3ccccc32)c1. The summed E-state index contributed by atoms with van der Waals surface area (Å²) in [7, 11) is 0. The Morgan fingerprint density at radius 2 is 1.67 bits per heavy atom. The molecule has 0 N–H and O–H groups in total. The van der Waals surface area contributed by atoms with E-state index >= 15 is 0 Å². The molecule has 2 heteroatoms. The van der Waals surface area contributed by atoms with Crippen LogP contribution in [0.3, 0.4) is 0 Å². The minimum Gasteiger partial charge on any atom is -0.422 e. The molecule has 0 aromatic heterocycles. The Bertz CT molecular complexity index is 733. The van der Waals surface area contributed by atoms with Crippen LogP contribution < -0.4 is 0 Å². The first kappa shape index (κ1) is 13.6. The smallest absolute Gasteiger partial charge is 0.344 e. The van der Waals surface area contributed by atoms with Gasteiger partial charge in [-0.25, -0.2) is 4.79 Å². The highest BCUT2D eigenvalue weighted by Crippen LogP contribution is 2.31. The summed E-state index contributed by atoms with van der Waals surface area (Å²) in [6.07, 6.45) is 1.93. The summed E-state index contributed by atoms with van der Waals surface area (Å²) in [5.41, 5.74) is 3.90. The first-order chi connectivity index (χ1) is 9.95. The van der Waals surface area contributed by atoms with Crippen LogP contribution in [0.1, 0.15) is 47.8 Å². The molecule has 0 saturated heterocycles. The highest BCUT2D eigenvalue weighted by molar-refractivity contribution is 6.05. The highest BCUT2D eigenvalue weighted by Gasteiger charge is 2.25. The summed E-state index contributed by atoms with van der Waals surface area (Å²) in [6, 6.07) is 15.8. The summed E-state index contributed by atoms with van der Waals surface area (Å²) in [5, 5.41) is 0. The zero-order chi connectivity index (χ0) is 15.0. The molecule has 0 fully saturated rings. The molecule has 3 rings (SSSR count). The molecule has 0 saturated carbocycles. The standard InChI is InChI=1S/C19H18O2/c1-19(2,3)14-8-6-7-13(11-14)12-17-15-9-4-5-10-16(15)18(20)21-17/h4-12H,1-3H3/b17-12-. The minimum absolute atomic E-state index is 0.0960. The zero-order valence-electron chi connectivity index (χ0n) is 12.5. The van der Waals surface area contributed by atoms with Crippen molar-refractivity contribution in [2.75, 3.05) is 0 Å². The molecule has 0 unspecified atom stereocenters. The number of fused-ring (bicyclic) bond motifs is 1. The number of rotatable bonds is 1. The molecule has 1 aliphatic heterocycles. The van der Waals surface area contributed by atoms with Crippen molar-refractivity contribution >= 4 is 17.8 Å². The van der Waals surface area contributed by atoms with Crippen LogP contribution >= 0.6 is 0 Å². The fourth-order valence-electron chi connectivity index (χ4n) is 2.44. The van der Waals surface area contributed by atoms with Crippen LogP contribution in [0, 0.1) is 0 Å². The maximum Gasteiger partial charge on any atom is 0.344 e. The monoisotopic (exact) mass is 278 g/mol. The lowest BCUT2D eigenvalue weighted by atomic mass is 9.86. The van der Waals surface area contributed by atoms with E-state index in [4.69, 9.17) is 4.74 Å². The molecule has 2 nitrogen and oxygen atoms in total. The number of ether oxygens (including phenoxy) is 1. The largest absolute Gasteiger partial charge is 0.422 e. The van der Waals surface area contributed by atoms with Gasteiger partial charge in [-0.2, -0.15) is 0 Å². The molecule has 0 aliphatic carbocycles. The van der Waals surface area contributed by atoms with Gasteiger partial charge < -0.3 is 4.74 Å². The van der Waals surface area contributed by atoms with Gasteiger partial charge in [-0.15, -0.1) is 0 Å². The third kappa shape index (κ3) is 2.62. The van der Waals surface area contributed by atoms with Crippen LogP contribution in [0.15, 0.2) is 48.5 Å². The number of benzene rings is 2. The molecule has 0 bridgehead atoms. The maximum atomic E-state index is 11.8. The van der Waals surface area contributed by atoms with Crippen LogP contribution in [-0.4, -0.2) is 5.97 Å². The number of cyclic esters (lactones) is 1. The molecular formula is C19H18O2. The van der Waals surface area contributed by atoms with Gasteiger partial charge in [0.1, 0.15) is 5.76 Å². The topological polar surface area (TPSA) is 26.3 Å². The van der Waals surface area contributed by atoms with Gasteiger partial charge in [0, 0.05) is 5.56 Å². The number of carbonyl (C=O) groups is 1. The Morgan fingerprint density at radius 3 is 2.38 bits per heavy atom. The second-order valence-corrected chi connectivity index (χ2v) is 6.32. The van der Waals surface area contributed by atoms with E-state index in [2.05, 4.69) is 32.9 Å². The maximum absolute atomic E-state index is 11.8. The molecule has 1 aliphatic rings. The summed E-state index contributed by atoms with van der Waals surface area (Å²) in [5.74, 6) is 0.352. The van der Waals surface area contributed by atoms with Crippen molar-refractivity contribution in [1.29, 1.82) is 0 Å². The number of hydrogen-bond donors (Lipinski definition) is 0. The van der Waals surface area contributed by atoms with E-state index in [0.717, 1.165) is 11.1 Å². The normalized spacial score (nSPS) is 16.0. The molecule has 0 spiro atoms. The van der Waals surface area contributed by atoms with Gasteiger partial charge in [0.25, 0.3) is 0 Å². The van der Waals surface area contributed by atoms with Crippen molar-refractivity contribution in [1.82, 2.24) is 0 Å². The number of carbonyl (C=O) groups excluding carboxylic acids is 1. The Morgan fingerprint density at radius 1 is 0.952 bits per heavy atom. The van der Waals surface area contributed by atoms with Crippen LogP contribution in [0.5, 0.6) is 0 Å². The second kappa shape index (κ2) is 4.88. The van der Waals surface area contributed by atoms with Gasteiger partial charge in [-0.05, 0) is 28.7 Å². The first-order valence-electron chi connectivity index (χ1n) is 7.09. The zero-order valence-corrected chi connectivity index (χ0v) is 12.5. The summed E-state index contributed by atoms with van der Waals surface area (Å²) in [6.45, 7) is 6.55. The third-order valence-electron chi connectivity index (χ3n) is 3.67. The minimum atomic E-state index is -0.274. The quantitative estimate of drug-likeness (QED) is 0.710. The summed E-state index contributed by atoms with van der Waals surface area (Å²) < 4.78 is 5.38. The third-order valence-corrected chi connectivity index (χ3v) is 3.67. The van der Waals surface area contributed by atoms with Crippen LogP contribution in [0.4, 0.5) is 0 Å². The Kier molecular flexibility index (Phi) is 3.17. The average Bonchev–Trinajstić information content (AvgIpc) is 2.76. The van der Waals surface area contributed by atoms with Gasteiger partial charge >= 0.3 is 5.97 Å². The molecule has 2 aromatic carbocycles. The van der Waals surface area contributed by atoms with Crippen molar-refractivity contribution in [3.05, 3.63) is 70.8 Å². The molecular weight excluding hydrogens is 260 g/mol. The Hall–Kier alpha value is -2.35. The Balaban J connectivity index is 2.03.